The van der Waals surface area contributed by atoms with Crippen molar-refractivity contribution in [2.75, 3.05) is 0 Å². The summed E-state index contributed by atoms with van der Waals surface area (Å²) in [5.41, 5.74) is 14.7. The Morgan fingerprint density at radius 2 is 0.800 bits per heavy atom. The van der Waals surface area contributed by atoms with Crippen LogP contribution in [0.15, 0.2) is 188 Å². The van der Waals surface area contributed by atoms with E-state index in [0.717, 1.165) is 60.8 Å². The maximum atomic E-state index is 5.44. The van der Waals surface area contributed by atoms with E-state index in [0.29, 0.717) is 17.5 Å². The lowest BCUT2D eigenvalue weighted by Crippen LogP contribution is -2.14. The first-order chi connectivity index (χ1) is 27.0. The van der Waals surface area contributed by atoms with Gasteiger partial charge in [-0.15, -0.1) is 0 Å². The standard InChI is InChI=1S/C52H37N3/c1-52(2)46-28-16-15-25-42(46)43-32-30-37(33-47(43)52)41-31-29-36-21-9-10-24-40(36)48(41)51-54-49(44-26-13-11-22-38(44)34-17-5-3-6-18-34)53-50(55-51)45-27-14-12-23-39(45)35-19-7-4-8-20-35/h3-33H,1-2H3. The van der Waals surface area contributed by atoms with Crippen molar-refractivity contribution in [1.29, 1.82) is 0 Å². The second-order valence-corrected chi connectivity index (χ2v) is 14.8. The van der Waals surface area contributed by atoms with E-state index >= 15 is 0 Å². The first kappa shape index (κ1) is 32.7. The quantitative estimate of drug-likeness (QED) is 0.173. The van der Waals surface area contributed by atoms with Crippen LogP contribution in [0.2, 0.25) is 0 Å². The molecule has 1 aliphatic rings. The third-order valence-electron chi connectivity index (χ3n) is 11.2. The van der Waals surface area contributed by atoms with Crippen LogP contribution in [-0.2, 0) is 5.41 Å². The molecule has 0 saturated carbocycles. The van der Waals surface area contributed by atoms with E-state index in [1.54, 1.807) is 0 Å². The average molecular weight is 704 g/mol. The fraction of sp³-hybridized carbons (Fsp3) is 0.0577. The van der Waals surface area contributed by atoms with Crippen LogP contribution in [0.25, 0.3) is 89.4 Å². The molecule has 0 amide bonds. The Balaban J connectivity index is 1.25. The van der Waals surface area contributed by atoms with Crippen molar-refractivity contribution in [2.24, 2.45) is 0 Å². The van der Waals surface area contributed by atoms with E-state index in [1.165, 1.54) is 22.3 Å². The van der Waals surface area contributed by atoms with E-state index in [-0.39, 0.29) is 5.41 Å². The number of rotatable bonds is 6. The first-order valence-electron chi connectivity index (χ1n) is 18.9. The van der Waals surface area contributed by atoms with Crippen LogP contribution in [-0.4, -0.2) is 15.0 Å². The van der Waals surface area contributed by atoms with E-state index in [9.17, 15) is 0 Å². The Bertz CT molecular complexity index is 2790. The molecule has 0 spiro atoms. The van der Waals surface area contributed by atoms with Crippen LogP contribution >= 0.6 is 0 Å². The SMILES string of the molecule is CC1(C)c2ccccc2-c2ccc(-c3ccc4ccccc4c3-c3nc(-c4ccccc4-c4ccccc4)nc(-c4ccccc4-c4ccccc4)n3)cc21. The molecule has 0 saturated heterocycles. The maximum absolute atomic E-state index is 5.44. The summed E-state index contributed by atoms with van der Waals surface area (Å²) in [5, 5.41) is 2.23. The molecule has 260 valence electrons. The lowest BCUT2D eigenvalue weighted by Gasteiger charge is -2.22. The van der Waals surface area contributed by atoms with Gasteiger partial charge in [-0.05, 0) is 72.5 Å². The van der Waals surface area contributed by atoms with Crippen molar-refractivity contribution in [3.63, 3.8) is 0 Å². The Kier molecular flexibility index (Phi) is 7.81. The highest BCUT2D eigenvalue weighted by Gasteiger charge is 2.35. The van der Waals surface area contributed by atoms with Gasteiger partial charge in [0.2, 0.25) is 0 Å². The predicted octanol–water partition coefficient (Wildman–Crippen LogP) is 13.3. The van der Waals surface area contributed by atoms with Crippen molar-refractivity contribution < 1.29 is 0 Å². The molecule has 0 radical (unpaired) electrons. The van der Waals surface area contributed by atoms with E-state index < -0.39 is 0 Å². The Morgan fingerprint density at radius 1 is 0.327 bits per heavy atom. The molecule has 0 bridgehead atoms. The minimum Gasteiger partial charge on any atom is -0.208 e. The Morgan fingerprint density at radius 3 is 1.44 bits per heavy atom. The van der Waals surface area contributed by atoms with Gasteiger partial charge in [-0.3, -0.25) is 0 Å². The zero-order chi connectivity index (χ0) is 36.9. The molecule has 8 aromatic carbocycles. The minimum absolute atomic E-state index is 0.130. The molecule has 0 aliphatic heterocycles. The van der Waals surface area contributed by atoms with Gasteiger partial charge in [-0.2, -0.15) is 0 Å². The van der Waals surface area contributed by atoms with E-state index in [2.05, 4.69) is 190 Å². The molecule has 0 unspecified atom stereocenters. The summed E-state index contributed by atoms with van der Waals surface area (Å²) in [7, 11) is 0. The van der Waals surface area contributed by atoms with Gasteiger partial charge < -0.3 is 0 Å². The average Bonchev–Trinajstić information content (AvgIpc) is 3.49. The van der Waals surface area contributed by atoms with Crippen molar-refractivity contribution >= 4 is 10.8 Å². The summed E-state index contributed by atoms with van der Waals surface area (Å²) in [6.07, 6.45) is 0. The molecule has 1 aliphatic carbocycles. The van der Waals surface area contributed by atoms with Crippen molar-refractivity contribution in [3.8, 4) is 78.7 Å². The van der Waals surface area contributed by atoms with Gasteiger partial charge in [0.15, 0.2) is 17.5 Å². The predicted molar refractivity (Wildman–Crippen MR) is 228 cm³/mol. The van der Waals surface area contributed by atoms with Gasteiger partial charge in [0.25, 0.3) is 0 Å². The van der Waals surface area contributed by atoms with Gasteiger partial charge in [0.1, 0.15) is 0 Å². The van der Waals surface area contributed by atoms with Crippen LogP contribution in [0.5, 0.6) is 0 Å². The highest BCUT2D eigenvalue weighted by molar-refractivity contribution is 6.03. The maximum Gasteiger partial charge on any atom is 0.165 e. The monoisotopic (exact) mass is 703 g/mol. The van der Waals surface area contributed by atoms with Gasteiger partial charge in [-0.25, -0.2) is 15.0 Å². The zero-order valence-corrected chi connectivity index (χ0v) is 30.7. The number of hydrogen-bond acceptors (Lipinski definition) is 3. The molecule has 3 nitrogen and oxygen atoms in total. The highest BCUT2D eigenvalue weighted by Crippen LogP contribution is 2.50. The number of benzene rings is 8. The van der Waals surface area contributed by atoms with Gasteiger partial charge in [-0.1, -0.05) is 196 Å². The van der Waals surface area contributed by atoms with E-state index in [4.69, 9.17) is 15.0 Å². The third-order valence-corrected chi connectivity index (χ3v) is 11.2. The van der Waals surface area contributed by atoms with Crippen molar-refractivity contribution in [1.82, 2.24) is 15.0 Å². The first-order valence-corrected chi connectivity index (χ1v) is 18.9. The summed E-state index contributed by atoms with van der Waals surface area (Å²) in [4.78, 5) is 16.2. The zero-order valence-electron chi connectivity index (χ0n) is 30.7. The fourth-order valence-corrected chi connectivity index (χ4v) is 8.45. The van der Waals surface area contributed by atoms with Crippen molar-refractivity contribution in [3.05, 3.63) is 199 Å². The topological polar surface area (TPSA) is 38.7 Å². The second kappa shape index (κ2) is 13.2. The molecule has 1 heterocycles. The van der Waals surface area contributed by atoms with Gasteiger partial charge in [0.05, 0.1) is 0 Å². The molecule has 1 aromatic heterocycles. The molecule has 0 atom stereocenters. The number of fused-ring (bicyclic) bond motifs is 4. The number of nitrogens with zero attached hydrogens (tertiary/aromatic N) is 3. The third kappa shape index (κ3) is 5.55. The van der Waals surface area contributed by atoms with Gasteiger partial charge in [0, 0.05) is 22.1 Å². The van der Waals surface area contributed by atoms with Crippen molar-refractivity contribution in [2.45, 2.75) is 19.3 Å². The Labute approximate surface area is 321 Å². The van der Waals surface area contributed by atoms with Crippen LogP contribution in [0.1, 0.15) is 25.0 Å². The summed E-state index contributed by atoms with van der Waals surface area (Å²) < 4.78 is 0. The minimum atomic E-state index is -0.130. The fourth-order valence-electron chi connectivity index (χ4n) is 8.45. The summed E-state index contributed by atoms with van der Waals surface area (Å²) >= 11 is 0. The van der Waals surface area contributed by atoms with Crippen LogP contribution in [0, 0.1) is 0 Å². The van der Waals surface area contributed by atoms with E-state index in [1.807, 2.05) is 12.1 Å². The molecule has 10 rings (SSSR count). The summed E-state index contributed by atoms with van der Waals surface area (Å²) in [6.45, 7) is 4.67. The normalized spacial score (nSPS) is 12.7. The second-order valence-electron chi connectivity index (χ2n) is 14.8. The molecule has 9 aromatic rings. The Hall–Kier alpha value is -6.97. The van der Waals surface area contributed by atoms with Gasteiger partial charge >= 0.3 is 0 Å². The van der Waals surface area contributed by atoms with Crippen LogP contribution < -0.4 is 0 Å². The largest absolute Gasteiger partial charge is 0.208 e. The number of hydrogen-bond donors (Lipinski definition) is 0. The molecule has 0 fully saturated rings. The molecule has 0 N–H and O–H groups in total. The molecular formula is C52H37N3. The lowest BCUT2D eigenvalue weighted by atomic mass is 9.81. The highest BCUT2D eigenvalue weighted by atomic mass is 15.0. The lowest BCUT2D eigenvalue weighted by molar-refractivity contribution is 0.660. The summed E-state index contributed by atoms with van der Waals surface area (Å²) in [6, 6.07) is 66.6. The van der Waals surface area contributed by atoms with Crippen LogP contribution in [0.4, 0.5) is 0 Å². The summed E-state index contributed by atoms with van der Waals surface area (Å²) in [5.74, 6) is 1.90. The van der Waals surface area contributed by atoms with Crippen LogP contribution in [0.3, 0.4) is 0 Å². The smallest absolute Gasteiger partial charge is 0.165 e. The molecular weight excluding hydrogens is 667 g/mol. The molecule has 55 heavy (non-hydrogen) atoms. The number of aromatic nitrogens is 3. The molecule has 3 heteroatoms.